The van der Waals surface area contributed by atoms with Gasteiger partial charge in [-0.2, -0.15) is 0 Å². The molecule has 0 saturated carbocycles. The first kappa shape index (κ1) is 24.1. The van der Waals surface area contributed by atoms with Crippen LogP contribution in [0.4, 0.5) is 4.79 Å². The van der Waals surface area contributed by atoms with Crippen molar-refractivity contribution in [2.75, 3.05) is 20.2 Å². The Morgan fingerprint density at radius 1 is 0.926 bits per heavy atom. The summed E-state index contributed by atoms with van der Waals surface area (Å²) >= 11 is 0. The molecule has 11 nitrogen and oxygen atoms in total. The second kappa shape index (κ2) is 12.5. The van der Waals surface area contributed by atoms with Crippen molar-refractivity contribution >= 4 is 29.8 Å². The SMILES string of the molecule is COC(=O)NCCC[C@H](NC(=O)C(C)C)C(=O)NC(C)C(=O)NCC(=O)O. The van der Waals surface area contributed by atoms with Gasteiger partial charge in [0.2, 0.25) is 17.7 Å². The lowest BCUT2D eigenvalue weighted by Gasteiger charge is -2.22. The Morgan fingerprint density at radius 2 is 1.56 bits per heavy atom. The molecule has 11 heteroatoms. The molecule has 0 heterocycles. The van der Waals surface area contributed by atoms with Crippen LogP contribution in [0.3, 0.4) is 0 Å². The monoisotopic (exact) mass is 388 g/mol. The normalized spacial score (nSPS) is 12.5. The number of carboxylic acid groups (broad SMARTS) is 1. The quantitative estimate of drug-likeness (QED) is 0.282. The predicted molar refractivity (Wildman–Crippen MR) is 94.7 cm³/mol. The van der Waals surface area contributed by atoms with E-state index in [9.17, 15) is 24.0 Å². The molecule has 0 radical (unpaired) electrons. The third-order valence-electron chi connectivity index (χ3n) is 3.45. The lowest BCUT2D eigenvalue weighted by Crippen LogP contribution is -2.53. The largest absolute Gasteiger partial charge is 0.480 e. The minimum atomic E-state index is -1.21. The number of carbonyl (C=O) groups excluding carboxylic acids is 4. The summed E-state index contributed by atoms with van der Waals surface area (Å²) in [4.78, 5) is 57.6. The molecule has 1 unspecified atom stereocenters. The maximum atomic E-state index is 12.4. The Bertz CT molecular complexity index is 551. The Kier molecular flexibility index (Phi) is 11.2. The molecule has 0 rings (SSSR count). The zero-order valence-electron chi connectivity index (χ0n) is 16.0. The van der Waals surface area contributed by atoms with E-state index < -0.39 is 42.5 Å². The molecule has 0 aromatic heterocycles. The van der Waals surface area contributed by atoms with Gasteiger partial charge in [0.15, 0.2) is 0 Å². The van der Waals surface area contributed by atoms with Crippen molar-refractivity contribution < 1.29 is 33.8 Å². The van der Waals surface area contributed by atoms with Crippen LogP contribution in [-0.4, -0.2) is 67.2 Å². The highest BCUT2D eigenvalue weighted by Crippen LogP contribution is 2.02. The molecule has 154 valence electrons. The van der Waals surface area contributed by atoms with Gasteiger partial charge in [-0.05, 0) is 19.8 Å². The molecule has 5 N–H and O–H groups in total. The molecule has 0 aromatic rings. The zero-order chi connectivity index (χ0) is 21.0. The van der Waals surface area contributed by atoms with Gasteiger partial charge in [-0.15, -0.1) is 0 Å². The fourth-order valence-electron chi connectivity index (χ4n) is 1.87. The van der Waals surface area contributed by atoms with Crippen LogP contribution in [0.1, 0.15) is 33.6 Å². The number of hydrogen-bond donors (Lipinski definition) is 5. The fraction of sp³-hybridized carbons (Fsp3) is 0.688. The molecule has 4 amide bonds. The van der Waals surface area contributed by atoms with E-state index in [0.29, 0.717) is 6.42 Å². The van der Waals surface area contributed by atoms with Crippen molar-refractivity contribution in [1.29, 1.82) is 0 Å². The van der Waals surface area contributed by atoms with E-state index in [1.807, 2.05) is 0 Å². The van der Waals surface area contributed by atoms with Crippen molar-refractivity contribution in [3.63, 3.8) is 0 Å². The number of rotatable bonds is 11. The summed E-state index contributed by atoms with van der Waals surface area (Å²) in [7, 11) is 1.23. The molecule has 0 fully saturated rings. The summed E-state index contributed by atoms with van der Waals surface area (Å²) in [5.41, 5.74) is 0. The first-order valence-electron chi connectivity index (χ1n) is 8.50. The third-order valence-corrected chi connectivity index (χ3v) is 3.45. The van der Waals surface area contributed by atoms with Crippen molar-refractivity contribution in [3.05, 3.63) is 0 Å². The number of carboxylic acids is 1. The average molecular weight is 388 g/mol. The van der Waals surface area contributed by atoms with Gasteiger partial charge >= 0.3 is 12.1 Å². The van der Waals surface area contributed by atoms with Crippen molar-refractivity contribution in [2.45, 2.75) is 45.7 Å². The number of methoxy groups -OCH3 is 1. The molecule has 0 spiro atoms. The molecule has 0 aliphatic rings. The van der Waals surface area contributed by atoms with E-state index >= 15 is 0 Å². The number of aliphatic carboxylic acids is 1. The summed E-state index contributed by atoms with van der Waals surface area (Å²) in [6, 6.07) is -1.89. The topological polar surface area (TPSA) is 163 Å². The number of amides is 4. The highest BCUT2D eigenvalue weighted by atomic mass is 16.5. The summed E-state index contributed by atoms with van der Waals surface area (Å²) in [5.74, 6) is -3.13. The average Bonchev–Trinajstić information content (AvgIpc) is 2.61. The number of nitrogens with one attached hydrogen (secondary N) is 4. The highest BCUT2D eigenvalue weighted by molar-refractivity contribution is 5.92. The number of carbonyl (C=O) groups is 5. The summed E-state index contributed by atoms with van der Waals surface area (Å²) in [6.45, 7) is 4.42. The van der Waals surface area contributed by atoms with Gasteiger partial charge in [0, 0.05) is 12.5 Å². The Morgan fingerprint density at radius 3 is 2.07 bits per heavy atom. The van der Waals surface area contributed by atoms with Gasteiger partial charge in [0.05, 0.1) is 7.11 Å². The standard InChI is InChI=1S/C16H28N4O7/c1-9(2)13(23)20-11(6-5-7-17-16(26)27-4)15(25)19-10(3)14(24)18-8-12(21)22/h9-11H,5-8H2,1-4H3,(H,17,26)(H,18,24)(H,19,25)(H,20,23)(H,21,22)/t10?,11-/m0/s1. The number of alkyl carbamates (subject to hydrolysis) is 1. The molecule has 0 bridgehead atoms. The smallest absolute Gasteiger partial charge is 0.406 e. The molecular formula is C16H28N4O7. The van der Waals surface area contributed by atoms with E-state index in [0.717, 1.165) is 0 Å². The third kappa shape index (κ3) is 10.7. The van der Waals surface area contributed by atoms with Gasteiger partial charge in [0.1, 0.15) is 18.6 Å². The lowest BCUT2D eigenvalue weighted by molar-refractivity contribution is -0.138. The Balaban J connectivity index is 4.74. The molecule has 27 heavy (non-hydrogen) atoms. The van der Waals surface area contributed by atoms with E-state index in [1.165, 1.54) is 14.0 Å². The molecule has 0 aliphatic heterocycles. The van der Waals surface area contributed by atoms with Gasteiger partial charge in [-0.25, -0.2) is 4.79 Å². The van der Waals surface area contributed by atoms with Crippen LogP contribution in [0.2, 0.25) is 0 Å². The zero-order valence-corrected chi connectivity index (χ0v) is 16.0. The van der Waals surface area contributed by atoms with Crippen LogP contribution >= 0.6 is 0 Å². The molecular weight excluding hydrogens is 360 g/mol. The predicted octanol–water partition coefficient (Wildman–Crippen LogP) is -1.03. The van der Waals surface area contributed by atoms with E-state index in [2.05, 4.69) is 26.0 Å². The van der Waals surface area contributed by atoms with Crippen LogP contribution in [0.5, 0.6) is 0 Å². The fourth-order valence-corrected chi connectivity index (χ4v) is 1.87. The van der Waals surface area contributed by atoms with Crippen molar-refractivity contribution in [2.24, 2.45) is 5.92 Å². The maximum absolute atomic E-state index is 12.4. The van der Waals surface area contributed by atoms with Gasteiger partial charge < -0.3 is 31.1 Å². The minimum Gasteiger partial charge on any atom is -0.480 e. The van der Waals surface area contributed by atoms with Gasteiger partial charge in [0.25, 0.3) is 0 Å². The lowest BCUT2D eigenvalue weighted by atomic mass is 10.1. The second-order valence-corrected chi connectivity index (χ2v) is 6.12. The van der Waals surface area contributed by atoms with E-state index in [1.54, 1.807) is 13.8 Å². The van der Waals surface area contributed by atoms with Crippen molar-refractivity contribution in [3.8, 4) is 0 Å². The molecule has 0 saturated heterocycles. The number of ether oxygens (including phenoxy) is 1. The second-order valence-electron chi connectivity index (χ2n) is 6.12. The molecule has 0 aromatic carbocycles. The summed E-state index contributed by atoms with van der Waals surface area (Å²) in [6.07, 6.45) is -0.00550. The minimum absolute atomic E-state index is 0.220. The van der Waals surface area contributed by atoms with Crippen LogP contribution in [0.15, 0.2) is 0 Å². The van der Waals surface area contributed by atoms with Crippen LogP contribution in [0, 0.1) is 5.92 Å². The first-order valence-corrected chi connectivity index (χ1v) is 8.50. The summed E-state index contributed by atoms with van der Waals surface area (Å²) < 4.78 is 4.43. The summed E-state index contributed by atoms with van der Waals surface area (Å²) in [5, 5.41) is 18.2. The molecule has 0 aliphatic carbocycles. The number of hydrogen-bond acceptors (Lipinski definition) is 6. The first-order chi connectivity index (χ1) is 12.6. The van der Waals surface area contributed by atoms with Gasteiger partial charge in [-0.3, -0.25) is 19.2 Å². The van der Waals surface area contributed by atoms with Crippen LogP contribution in [-0.2, 0) is 23.9 Å². The van der Waals surface area contributed by atoms with Crippen LogP contribution < -0.4 is 21.3 Å². The van der Waals surface area contributed by atoms with E-state index in [-0.39, 0.29) is 24.8 Å². The maximum Gasteiger partial charge on any atom is 0.406 e. The highest BCUT2D eigenvalue weighted by Gasteiger charge is 2.25. The van der Waals surface area contributed by atoms with Gasteiger partial charge in [-0.1, -0.05) is 13.8 Å². The van der Waals surface area contributed by atoms with Crippen LogP contribution in [0.25, 0.3) is 0 Å². The Labute approximate surface area is 157 Å². The van der Waals surface area contributed by atoms with E-state index in [4.69, 9.17) is 5.11 Å². The van der Waals surface area contributed by atoms with Crippen molar-refractivity contribution in [1.82, 2.24) is 21.3 Å². The molecule has 2 atom stereocenters. The Hall–Kier alpha value is -2.85.